The molecule has 0 aromatic heterocycles. The summed E-state index contributed by atoms with van der Waals surface area (Å²) in [5, 5.41) is 2.66. The van der Waals surface area contributed by atoms with Crippen LogP contribution in [0, 0.1) is 0 Å². The van der Waals surface area contributed by atoms with E-state index in [-0.39, 0.29) is 10.8 Å². The minimum atomic E-state index is -0.0826. The molecule has 3 nitrogen and oxygen atoms in total. The number of anilines is 1. The van der Waals surface area contributed by atoms with E-state index in [1.165, 1.54) is 44.7 Å². The van der Waals surface area contributed by atoms with Crippen molar-refractivity contribution < 1.29 is 4.58 Å². The molecule has 0 fully saturated rings. The Bertz CT molecular complexity index is 1540. The fraction of sp³-hybridized carbons (Fsp3) is 0.306. The predicted octanol–water partition coefficient (Wildman–Crippen LogP) is 7.76. The highest BCUT2D eigenvalue weighted by atomic mass is 15.2. The largest absolute Gasteiger partial charge is 0.343 e. The highest BCUT2D eigenvalue weighted by Crippen LogP contribution is 2.50. The number of benzene rings is 3. The van der Waals surface area contributed by atoms with Crippen molar-refractivity contribution in [1.29, 1.82) is 0 Å². The van der Waals surface area contributed by atoms with Crippen LogP contribution in [0.2, 0.25) is 0 Å². The van der Waals surface area contributed by atoms with Crippen LogP contribution in [0.1, 0.15) is 38.8 Å². The average molecular weight is 517 g/mol. The highest BCUT2D eigenvalue weighted by Gasteiger charge is 2.42. The van der Waals surface area contributed by atoms with E-state index >= 15 is 0 Å². The summed E-state index contributed by atoms with van der Waals surface area (Å²) in [6.07, 6.45) is 15.3. The van der Waals surface area contributed by atoms with Gasteiger partial charge in [-0.3, -0.25) is 0 Å². The Morgan fingerprint density at radius 1 is 0.795 bits per heavy atom. The Kier molecular flexibility index (Phi) is 7.22. The quantitative estimate of drug-likeness (QED) is 0.234. The summed E-state index contributed by atoms with van der Waals surface area (Å²) in [4.78, 5) is 4.77. The molecule has 200 valence electrons. The molecule has 0 saturated carbocycles. The molecule has 0 amide bonds. The van der Waals surface area contributed by atoms with E-state index in [1.807, 2.05) is 0 Å². The van der Waals surface area contributed by atoms with Crippen molar-refractivity contribution in [2.45, 2.75) is 38.5 Å². The maximum Gasteiger partial charge on any atom is 0.209 e. The first kappa shape index (κ1) is 26.9. The van der Waals surface area contributed by atoms with Crippen LogP contribution in [-0.4, -0.2) is 49.4 Å². The Hall–Kier alpha value is -3.69. The van der Waals surface area contributed by atoms with Crippen LogP contribution in [0.5, 0.6) is 0 Å². The fourth-order valence-corrected chi connectivity index (χ4v) is 6.36. The zero-order valence-corrected chi connectivity index (χ0v) is 24.6. The van der Waals surface area contributed by atoms with Gasteiger partial charge in [-0.05, 0) is 56.4 Å². The summed E-state index contributed by atoms with van der Waals surface area (Å²) in [7, 11) is 6.45. The highest BCUT2D eigenvalue weighted by molar-refractivity contribution is 6.03. The van der Waals surface area contributed by atoms with Gasteiger partial charge in [0.2, 0.25) is 5.69 Å². The predicted molar refractivity (Wildman–Crippen MR) is 169 cm³/mol. The lowest BCUT2D eigenvalue weighted by molar-refractivity contribution is -0.401. The topological polar surface area (TPSA) is 9.49 Å². The van der Waals surface area contributed by atoms with Crippen molar-refractivity contribution in [1.82, 2.24) is 4.90 Å². The minimum absolute atomic E-state index is 0.000803. The number of allylic oxidation sites excluding steroid dienone is 8. The molecular weight excluding hydrogens is 474 g/mol. The number of hydrogen-bond acceptors (Lipinski definition) is 2. The van der Waals surface area contributed by atoms with Crippen molar-refractivity contribution in [3.05, 3.63) is 120 Å². The van der Waals surface area contributed by atoms with E-state index in [1.54, 1.807) is 0 Å². The molecule has 2 heterocycles. The Morgan fingerprint density at radius 2 is 1.49 bits per heavy atom. The van der Waals surface area contributed by atoms with E-state index in [0.29, 0.717) is 0 Å². The summed E-state index contributed by atoms with van der Waals surface area (Å²) in [5.74, 6) is 0. The maximum atomic E-state index is 2.52. The van der Waals surface area contributed by atoms with Gasteiger partial charge in [0.25, 0.3) is 0 Å². The first-order valence-corrected chi connectivity index (χ1v) is 14.0. The van der Waals surface area contributed by atoms with Crippen molar-refractivity contribution in [3.63, 3.8) is 0 Å². The van der Waals surface area contributed by atoms with E-state index in [2.05, 4.69) is 166 Å². The third-order valence-electron chi connectivity index (χ3n) is 8.42. The van der Waals surface area contributed by atoms with Gasteiger partial charge >= 0.3 is 0 Å². The van der Waals surface area contributed by atoms with Gasteiger partial charge in [0.05, 0.1) is 5.41 Å². The van der Waals surface area contributed by atoms with E-state index in [4.69, 9.17) is 0 Å². The molecule has 2 aliphatic rings. The van der Waals surface area contributed by atoms with Gasteiger partial charge in [-0.2, -0.15) is 4.58 Å². The van der Waals surface area contributed by atoms with E-state index in [9.17, 15) is 0 Å². The maximum absolute atomic E-state index is 2.52. The second-order valence-electron chi connectivity index (χ2n) is 12.0. The summed E-state index contributed by atoms with van der Waals surface area (Å²) in [5.41, 5.74) is 8.02. The molecule has 0 N–H and O–H groups in total. The number of likely N-dealkylation sites (N-methyl/N-ethyl adjacent to an activating group) is 1. The summed E-state index contributed by atoms with van der Waals surface area (Å²) in [6.45, 7) is 11.3. The monoisotopic (exact) mass is 516 g/mol. The zero-order chi connectivity index (χ0) is 27.8. The second-order valence-corrected chi connectivity index (χ2v) is 12.0. The van der Waals surface area contributed by atoms with Gasteiger partial charge < -0.3 is 9.80 Å². The molecule has 3 aromatic rings. The van der Waals surface area contributed by atoms with Crippen LogP contribution in [0.3, 0.4) is 0 Å². The second kappa shape index (κ2) is 10.5. The van der Waals surface area contributed by atoms with E-state index < -0.39 is 0 Å². The molecule has 0 saturated heterocycles. The fourth-order valence-electron chi connectivity index (χ4n) is 6.36. The minimum Gasteiger partial charge on any atom is -0.343 e. The van der Waals surface area contributed by atoms with Crippen LogP contribution in [0.25, 0.3) is 10.8 Å². The first-order chi connectivity index (χ1) is 18.6. The van der Waals surface area contributed by atoms with E-state index in [0.717, 1.165) is 13.1 Å². The number of para-hydroxylation sites is 1. The lowest BCUT2D eigenvalue weighted by atomic mass is 9.81. The summed E-state index contributed by atoms with van der Waals surface area (Å²) in [6, 6.07) is 22.0. The van der Waals surface area contributed by atoms with Gasteiger partial charge in [-0.1, -0.05) is 92.8 Å². The lowest BCUT2D eigenvalue weighted by Gasteiger charge is -2.28. The summed E-state index contributed by atoms with van der Waals surface area (Å²) >= 11 is 0. The first-order valence-electron chi connectivity index (χ1n) is 14.0. The molecule has 39 heavy (non-hydrogen) atoms. The van der Waals surface area contributed by atoms with Gasteiger partial charge in [-0.25, -0.2) is 0 Å². The number of nitrogens with zero attached hydrogens (tertiary/aromatic N) is 3. The Balaban J connectivity index is 1.38. The molecule has 0 spiro atoms. The standard InChI is InChI=1S/C36H42N3/c1-35(2)29-19-15-16-20-30(29)38(7)32(35)21-11-9-8-10-12-22-33-36(3,4)34-28-18-14-13-17-27(28)23-24-31(34)39(33)26-25-37(5)6/h8-24H,25-26H2,1-7H3/q+1. The third kappa shape index (κ3) is 4.81. The normalized spacial score (nSPS) is 19.1. The molecule has 3 aromatic carbocycles. The molecule has 3 heteroatoms. The smallest absolute Gasteiger partial charge is 0.209 e. The molecule has 0 atom stereocenters. The molecule has 0 unspecified atom stereocenters. The third-order valence-corrected chi connectivity index (χ3v) is 8.42. The molecular formula is C36H42N3+. The van der Waals surface area contributed by atoms with Crippen molar-refractivity contribution >= 4 is 27.9 Å². The van der Waals surface area contributed by atoms with Crippen molar-refractivity contribution in [3.8, 4) is 0 Å². The zero-order valence-electron chi connectivity index (χ0n) is 24.6. The lowest BCUT2D eigenvalue weighted by Crippen LogP contribution is -2.32. The van der Waals surface area contributed by atoms with Crippen molar-refractivity contribution in [2.75, 3.05) is 39.1 Å². The van der Waals surface area contributed by atoms with Crippen LogP contribution < -0.4 is 4.90 Å². The molecule has 0 radical (unpaired) electrons. The Labute approximate surface area is 234 Å². The number of fused-ring (bicyclic) bond motifs is 4. The van der Waals surface area contributed by atoms with Crippen molar-refractivity contribution in [2.24, 2.45) is 0 Å². The van der Waals surface area contributed by atoms with Crippen LogP contribution >= 0.6 is 0 Å². The SMILES string of the molecule is CN(C)CCN1C(=CC=CC=CC=CC2=[N+](C)c3ccccc3C2(C)C)C(C)(C)c2c1ccc1ccccc21. The van der Waals surface area contributed by atoms with Crippen LogP contribution in [0.15, 0.2) is 109 Å². The molecule has 0 aliphatic carbocycles. The molecule has 2 aliphatic heterocycles. The van der Waals surface area contributed by atoms with Gasteiger partial charge in [0.15, 0.2) is 5.71 Å². The van der Waals surface area contributed by atoms with Gasteiger partial charge in [0.1, 0.15) is 7.05 Å². The summed E-state index contributed by atoms with van der Waals surface area (Å²) < 4.78 is 2.31. The molecule has 5 rings (SSSR count). The molecule has 0 bridgehead atoms. The van der Waals surface area contributed by atoms with Gasteiger partial charge in [-0.15, -0.1) is 0 Å². The number of hydrogen-bond donors (Lipinski definition) is 0. The number of rotatable bonds is 7. The van der Waals surface area contributed by atoms with Crippen LogP contribution in [-0.2, 0) is 10.8 Å². The van der Waals surface area contributed by atoms with Gasteiger partial charge in [0, 0.05) is 47.6 Å². The average Bonchev–Trinajstić information content (AvgIpc) is 3.25. The van der Waals surface area contributed by atoms with Crippen LogP contribution in [0.4, 0.5) is 11.4 Å². The Morgan fingerprint density at radius 3 is 2.26 bits per heavy atom.